The smallest absolute Gasteiger partial charge is 0.106 e. The zero-order valence-electron chi connectivity index (χ0n) is 20.4. The molecule has 0 bridgehead atoms. The SMILES string of the molecule is CC(C)C(C)C=CC(C)C1CCC2C3=CC(O)C4(O)CC(O)CCC4(C)C3=CCC21C. The maximum Gasteiger partial charge on any atom is 0.106 e. The van der Waals surface area contributed by atoms with E-state index >= 15 is 0 Å². The number of hydrogen-bond donors (Lipinski definition) is 3. The van der Waals surface area contributed by atoms with Gasteiger partial charge in [0.25, 0.3) is 0 Å². The first-order chi connectivity index (χ1) is 14.4. The molecule has 9 unspecified atom stereocenters. The summed E-state index contributed by atoms with van der Waals surface area (Å²) in [5.74, 6) is 2.88. The molecule has 3 nitrogen and oxygen atoms in total. The van der Waals surface area contributed by atoms with Crippen LogP contribution in [0.15, 0.2) is 35.5 Å². The van der Waals surface area contributed by atoms with Crippen LogP contribution >= 0.6 is 0 Å². The van der Waals surface area contributed by atoms with E-state index in [-0.39, 0.29) is 11.8 Å². The lowest BCUT2D eigenvalue weighted by Gasteiger charge is -2.58. The second kappa shape index (κ2) is 7.85. The highest BCUT2D eigenvalue weighted by Gasteiger charge is 2.62. The van der Waals surface area contributed by atoms with Gasteiger partial charge in [-0.05, 0) is 84.3 Å². The van der Waals surface area contributed by atoms with E-state index in [0.717, 1.165) is 19.3 Å². The molecule has 0 aromatic carbocycles. The third-order valence-corrected chi connectivity index (χ3v) is 10.1. The van der Waals surface area contributed by atoms with Crippen molar-refractivity contribution in [2.75, 3.05) is 0 Å². The molecule has 4 rings (SSSR count). The Labute approximate surface area is 189 Å². The summed E-state index contributed by atoms with van der Waals surface area (Å²) in [5.41, 5.74) is 0.994. The van der Waals surface area contributed by atoms with Gasteiger partial charge >= 0.3 is 0 Å². The highest BCUT2D eigenvalue weighted by atomic mass is 16.3. The van der Waals surface area contributed by atoms with Crippen molar-refractivity contribution in [1.29, 1.82) is 0 Å². The normalized spacial score (nSPS) is 46.8. The molecule has 0 spiro atoms. The van der Waals surface area contributed by atoms with Crippen molar-refractivity contribution in [2.24, 2.45) is 40.4 Å². The molecule has 2 saturated carbocycles. The molecular weight excluding hydrogens is 384 g/mol. The van der Waals surface area contributed by atoms with Crippen molar-refractivity contribution in [3.05, 3.63) is 35.5 Å². The van der Waals surface area contributed by atoms with Gasteiger partial charge in [-0.2, -0.15) is 0 Å². The first-order valence-corrected chi connectivity index (χ1v) is 12.6. The molecule has 3 heteroatoms. The quantitative estimate of drug-likeness (QED) is 0.524. The fourth-order valence-electron chi connectivity index (χ4n) is 7.50. The lowest BCUT2D eigenvalue weighted by molar-refractivity contribution is -0.173. The van der Waals surface area contributed by atoms with Crippen molar-refractivity contribution in [3.63, 3.8) is 0 Å². The highest BCUT2D eigenvalue weighted by molar-refractivity contribution is 5.50. The van der Waals surface area contributed by atoms with Crippen LogP contribution in [-0.4, -0.2) is 33.1 Å². The van der Waals surface area contributed by atoms with Crippen LogP contribution in [0.25, 0.3) is 0 Å². The van der Waals surface area contributed by atoms with Gasteiger partial charge < -0.3 is 15.3 Å². The molecular formula is C28H44O3. The Kier molecular flexibility index (Phi) is 5.89. The van der Waals surface area contributed by atoms with Crippen LogP contribution in [0.1, 0.15) is 80.1 Å². The second-order valence-corrected chi connectivity index (χ2v) is 12.1. The topological polar surface area (TPSA) is 60.7 Å². The standard InChI is InChI=1S/C28H44O3/c1-17(2)18(3)7-8-19(4)22-9-10-23-21-15-25(30)28(31)16-20(29)11-14-27(28,6)24(21)12-13-26(22,23)5/h7-8,12,15,17-20,22-23,25,29-31H,9-11,13-14,16H2,1-6H3. The maximum absolute atomic E-state index is 11.5. The molecule has 0 amide bonds. The van der Waals surface area contributed by atoms with E-state index in [4.69, 9.17) is 0 Å². The lowest BCUT2D eigenvalue weighted by atomic mass is 9.49. The molecule has 0 aromatic heterocycles. The molecule has 9 atom stereocenters. The Morgan fingerprint density at radius 3 is 2.42 bits per heavy atom. The van der Waals surface area contributed by atoms with E-state index in [2.05, 4.69) is 59.8 Å². The van der Waals surface area contributed by atoms with Crippen molar-refractivity contribution in [2.45, 2.75) is 97.9 Å². The van der Waals surface area contributed by atoms with E-state index in [1.165, 1.54) is 17.6 Å². The maximum atomic E-state index is 11.5. The Balaban J connectivity index is 1.65. The molecule has 4 aliphatic rings. The fourth-order valence-corrected chi connectivity index (χ4v) is 7.50. The molecule has 3 N–H and O–H groups in total. The third kappa shape index (κ3) is 3.42. The van der Waals surface area contributed by atoms with Gasteiger partial charge in [-0.3, -0.25) is 0 Å². The third-order valence-electron chi connectivity index (χ3n) is 10.1. The second-order valence-electron chi connectivity index (χ2n) is 12.1. The van der Waals surface area contributed by atoms with Gasteiger partial charge in [0.15, 0.2) is 0 Å². The van der Waals surface area contributed by atoms with Gasteiger partial charge in [-0.1, -0.05) is 59.8 Å². The Morgan fingerprint density at radius 1 is 1.03 bits per heavy atom. The molecule has 174 valence electrons. The van der Waals surface area contributed by atoms with Gasteiger partial charge in [0.2, 0.25) is 0 Å². The van der Waals surface area contributed by atoms with Gasteiger partial charge in [-0.15, -0.1) is 0 Å². The molecule has 4 aliphatic carbocycles. The van der Waals surface area contributed by atoms with E-state index < -0.39 is 23.2 Å². The number of aliphatic hydroxyl groups excluding tert-OH is 2. The zero-order valence-corrected chi connectivity index (χ0v) is 20.4. The van der Waals surface area contributed by atoms with Gasteiger partial charge in [-0.25, -0.2) is 0 Å². The van der Waals surface area contributed by atoms with Crippen LogP contribution in [-0.2, 0) is 0 Å². The predicted molar refractivity (Wildman–Crippen MR) is 126 cm³/mol. The van der Waals surface area contributed by atoms with Crippen LogP contribution < -0.4 is 0 Å². The van der Waals surface area contributed by atoms with Crippen LogP contribution in [0.3, 0.4) is 0 Å². The summed E-state index contributed by atoms with van der Waals surface area (Å²) in [5, 5.41) is 32.9. The molecule has 0 aromatic rings. The van der Waals surface area contributed by atoms with Gasteiger partial charge in [0, 0.05) is 11.8 Å². The van der Waals surface area contributed by atoms with E-state index in [1.54, 1.807) is 0 Å². The Bertz CT molecular complexity index is 794. The lowest BCUT2D eigenvalue weighted by Crippen LogP contribution is -2.62. The first-order valence-electron chi connectivity index (χ1n) is 12.6. The number of fused-ring (bicyclic) bond motifs is 5. The fraction of sp³-hybridized carbons (Fsp3) is 0.786. The summed E-state index contributed by atoms with van der Waals surface area (Å²) in [6.07, 6.45) is 12.9. The summed E-state index contributed by atoms with van der Waals surface area (Å²) in [6.45, 7) is 13.8. The molecule has 31 heavy (non-hydrogen) atoms. The van der Waals surface area contributed by atoms with Crippen molar-refractivity contribution in [3.8, 4) is 0 Å². The number of rotatable bonds is 4. The molecule has 0 radical (unpaired) electrons. The van der Waals surface area contributed by atoms with Crippen LogP contribution in [0.4, 0.5) is 0 Å². The van der Waals surface area contributed by atoms with Crippen molar-refractivity contribution >= 4 is 0 Å². The summed E-state index contributed by atoms with van der Waals surface area (Å²) < 4.78 is 0. The molecule has 2 fully saturated rings. The average Bonchev–Trinajstić information content (AvgIpc) is 3.05. The molecule has 0 aliphatic heterocycles. The number of allylic oxidation sites excluding steroid dienone is 4. The van der Waals surface area contributed by atoms with Crippen LogP contribution in [0.2, 0.25) is 0 Å². The monoisotopic (exact) mass is 428 g/mol. The average molecular weight is 429 g/mol. The first kappa shape index (κ1) is 23.3. The van der Waals surface area contributed by atoms with Crippen molar-refractivity contribution in [1.82, 2.24) is 0 Å². The minimum absolute atomic E-state index is 0.194. The summed E-state index contributed by atoms with van der Waals surface area (Å²) >= 11 is 0. The summed E-state index contributed by atoms with van der Waals surface area (Å²) in [6, 6.07) is 0. The Morgan fingerprint density at radius 2 is 1.74 bits per heavy atom. The number of aliphatic hydroxyl groups is 3. The van der Waals surface area contributed by atoms with Gasteiger partial charge in [0.1, 0.15) is 11.7 Å². The van der Waals surface area contributed by atoms with E-state index in [1.807, 2.05) is 6.08 Å². The minimum atomic E-state index is -1.27. The van der Waals surface area contributed by atoms with E-state index in [9.17, 15) is 15.3 Å². The Hall–Kier alpha value is -0.900. The predicted octanol–water partition coefficient (Wildman–Crippen LogP) is 5.42. The number of hydrogen-bond acceptors (Lipinski definition) is 3. The minimum Gasteiger partial charge on any atom is -0.393 e. The highest BCUT2D eigenvalue weighted by Crippen LogP contribution is 2.65. The largest absolute Gasteiger partial charge is 0.393 e. The summed E-state index contributed by atoms with van der Waals surface area (Å²) in [4.78, 5) is 0. The molecule has 0 saturated heterocycles. The zero-order chi connectivity index (χ0) is 22.8. The van der Waals surface area contributed by atoms with Gasteiger partial charge in [0.05, 0.1) is 6.10 Å². The summed E-state index contributed by atoms with van der Waals surface area (Å²) in [7, 11) is 0. The van der Waals surface area contributed by atoms with Crippen LogP contribution in [0, 0.1) is 40.4 Å². The van der Waals surface area contributed by atoms with Crippen LogP contribution in [0.5, 0.6) is 0 Å². The van der Waals surface area contributed by atoms with E-state index in [0.29, 0.717) is 36.0 Å². The van der Waals surface area contributed by atoms with Crippen molar-refractivity contribution < 1.29 is 15.3 Å². The molecule has 0 heterocycles.